The van der Waals surface area contributed by atoms with Crippen LogP contribution in [0.3, 0.4) is 0 Å². The van der Waals surface area contributed by atoms with E-state index >= 15 is 0 Å². The van der Waals surface area contributed by atoms with Crippen molar-refractivity contribution < 1.29 is 23.8 Å². The Kier molecular flexibility index (Phi) is 11.2. The number of nitrogens with zero attached hydrogens (tertiary/aromatic N) is 2. The van der Waals surface area contributed by atoms with Crippen LogP contribution in [0.5, 0.6) is 5.75 Å². The summed E-state index contributed by atoms with van der Waals surface area (Å²) in [4.78, 5) is 28.5. The van der Waals surface area contributed by atoms with Gasteiger partial charge in [0.2, 0.25) is 5.91 Å². The van der Waals surface area contributed by atoms with E-state index in [2.05, 4.69) is 44.9 Å². The molecule has 1 fully saturated rings. The number of halogens is 1. The van der Waals surface area contributed by atoms with Crippen molar-refractivity contribution in [2.75, 3.05) is 33.9 Å². The number of carbonyl (C=O) groups excluding carboxylic acids is 2. The molecule has 1 aromatic heterocycles. The van der Waals surface area contributed by atoms with E-state index in [9.17, 15) is 9.59 Å². The Hall–Kier alpha value is -3.04. The van der Waals surface area contributed by atoms with Crippen LogP contribution in [0.4, 0.5) is 4.79 Å². The van der Waals surface area contributed by atoms with Crippen molar-refractivity contribution in [3.8, 4) is 5.75 Å². The summed E-state index contributed by atoms with van der Waals surface area (Å²) in [5.41, 5.74) is 4.13. The minimum atomic E-state index is -0.625. The Balaban J connectivity index is 1.55. The van der Waals surface area contributed by atoms with Crippen LogP contribution in [0.15, 0.2) is 46.9 Å². The monoisotopic (exact) mass is 655 g/mol. The second kappa shape index (κ2) is 14.6. The number of piperidine rings is 1. The number of carbonyl (C=O) groups is 2. The van der Waals surface area contributed by atoms with Crippen LogP contribution in [-0.4, -0.2) is 67.0 Å². The van der Waals surface area contributed by atoms with Crippen molar-refractivity contribution >= 4 is 38.8 Å². The molecule has 0 aliphatic carbocycles. The quantitative estimate of drug-likeness (QED) is 0.225. The molecule has 1 aliphatic heterocycles. The Morgan fingerprint density at radius 2 is 1.86 bits per heavy atom. The van der Waals surface area contributed by atoms with Gasteiger partial charge in [0.15, 0.2) is 0 Å². The van der Waals surface area contributed by atoms with Gasteiger partial charge < -0.3 is 29.0 Å². The fraction of sp³-hybridized carbons (Fsp3) is 0.529. The molecule has 234 valence electrons. The van der Waals surface area contributed by atoms with Gasteiger partial charge in [0.1, 0.15) is 11.4 Å². The number of alkyl carbamates (subject to hydrolysis) is 1. The summed E-state index contributed by atoms with van der Waals surface area (Å²) in [7, 11) is 3.43. The molecule has 0 bridgehead atoms. The van der Waals surface area contributed by atoms with E-state index < -0.39 is 17.7 Å². The van der Waals surface area contributed by atoms with Gasteiger partial charge in [-0.3, -0.25) is 4.79 Å². The minimum absolute atomic E-state index is 0.0456. The Labute approximate surface area is 264 Å². The van der Waals surface area contributed by atoms with E-state index in [1.807, 2.05) is 56.0 Å². The maximum Gasteiger partial charge on any atom is 0.407 e. The highest BCUT2D eigenvalue weighted by molar-refractivity contribution is 9.10. The zero-order chi connectivity index (χ0) is 31.1. The zero-order valence-electron chi connectivity index (χ0n) is 26.4. The van der Waals surface area contributed by atoms with Gasteiger partial charge in [-0.1, -0.05) is 28.1 Å². The average Bonchev–Trinajstić information content (AvgIpc) is 3.23. The molecule has 2 atom stereocenters. The first-order chi connectivity index (χ1) is 20.5. The predicted octanol–water partition coefficient (Wildman–Crippen LogP) is 6.99. The number of ether oxygens (including phenoxy) is 3. The first kappa shape index (κ1) is 32.9. The first-order valence-corrected chi connectivity index (χ1v) is 16.0. The van der Waals surface area contributed by atoms with Crippen molar-refractivity contribution in [3.05, 3.63) is 63.8 Å². The van der Waals surface area contributed by atoms with Gasteiger partial charge in [-0.15, -0.1) is 0 Å². The number of fused-ring (bicyclic) bond motifs is 1. The smallest absolute Gasteiger partial charge is 0.407 e. The highest BCUT2D eigenvalue weighted by Crippen LogP contribution is 2.37. The van der Waals surface area contributed by atoms with Crippen molar-refractivity contribution in [1.29, 1.82) is 0 Å². The molecule has 9 heteroatoms. The molecule has 2 unspecified atom stereocenters. The van der Waals surface area contributed by atoms with Crippen LogP contribution < -0.4 is 10.1 Å². The number of aryl methyl sites for hydroxylation is 2. The molecule has 8 nitrogen and oxygen atoms in total. The molecule has 4 rings (SSSR count). The minimum Gasteiger partial charge on any atom is -0.497 e. The van der Waals surface area contributed by atoms with Gasteiger partial charge in [-0.25, -0.2) is 4.79 Å². The van der Waals surface area contributed by atoms with Crippen LogP contribution in [0.1, 0.15) is 69.2 Å². The normalized spacial score (nSPS) is 16.3. The Bertz CT molecular complexity index is 1400. The number of rotatable bonds is 11. The number of aromatic nitrogens is 1. The molecule has 3 aromatic rings. The molecule has 2 amide bonds. The molecule has 0 radical (unpaired) electrons. The summed E-state index contributed by atoms with van der Waals surface area (Å²) >= 11 is 3.48. The van der Waals surface area contributed by atoms with Crippen molar-refractivity contribution in [3.63, 3.8) is 0 Å². The van der Waals surface area contributed by atoms with E-state index in [0.29, 0.717) is 26.1 Å². The zero-order valence-corrected chi connectivity index (χ0v) is 28.0. The molecule has 1 aliphatic rings. The van der Waals surface area contributed by atoms with Crippen LogP contribution in [-0.2, 0) is 27.2 Å². The van der Waals surface area contributed by atoms with Crippen LogP contribution in [0.25, 0.3) is 10.9 Å². The largest absolute Gasteiger partial charge is 0.497 e. The van der Waals surface area contributed by atoms with Gasteiger partial charge >= 0.3 is 6.09 Å². The molecule has 1 saturated heterocycles. The first-order valence-electron chi connectivity index (χ1n) is 15.2. The van der Waals surface area contributed by atoms with Crippen LogP contribution in [0, 0.1) is 6.92 Å². The molecular formula is C34H46BrN3O5. The van der Waals surface area contributed by atoms with Crippen molar-refractivity contribution in [2.45, 2.75) is 83.9 Å². The third-order valence-corrected chi connectivity index (χ3v) is 8.53. The van der Waals surface area contributed by atoms with Crippen molar-refractivity contribution in [1.82, 2.24) is 14.8 Å². The molecule has 1 N–H and O–H groups in total. The standard InChI is InChI=1S/C34H46BrN3O5/c1-23-29-21-28(42-6)14-15-30(29)38(17-8-18-41-5)32(23)25-9-7-16-37(22-25)31(39)20-27(36-33(40)43-34(2,3)4)19-24-10-12-26(35)13-11-24/h10-15,21,25,27H,7-9,16-20,22H2,1-6H3,(H,36,40). The Morgan fingerprint density at radius 1 is 1.12 bits per heavy atom. The van der Waals surface area contributed by atoms with Crippen LogP contribution >= 0.6 is 15.9 Å². The number of benzene rings is 2. The molecule has 2 heterocycles. The molecule has 0 saturated carbocycles. The summed E-state index contributed by atoms with van der Waals surface area (Å²) in [5, 5.41) is 4.16. The summed E-state index contributed by atoms with van der Waals surface area (Å²) in [6, 6.07) is 13.8. The summed E-state index contributed by atoms with van der Waals surface area (Å²) in [6.07, 6.45) is 3.07. The van der Waals surface area contributed by atoms with Gasteiger partial charge in [-0.2, -0.15) is 0 Å². The number of hydrogen-bond donors (Lipinski definition) is 1. The predicted molar refractivity (Wildman–Crippen MR) is 174 cm³/mol. The summed E-state index contributed by atoms with van der Waals surface area (Å²) in [6.45, 7) is 10.6. The highest BCUT2D eigenvalue weighted by atomic mass is 79.9. The van der Waals surface area contributed by atoms with E-state index in [-0.39, 0.29) is 18.2 Å². The molecular weight excluding hydrogens is 610 g/mol. The average molecular weight is 657 g/mol. The second-order valence-electron chi connectivity index (χ2n) is 12.4. The lowest BCUT2D eigenvalue weighted by Gasteiger charge is -2.35. The van der Waals surface area contributed by atoms with Gasteiger partial charge in [0.05, 0.1) is 7.11 Å². The van der Waals surface area contributed by atoms with Gasteiger partial charge in [0.25, 0.3) is 0 Å². The lowest BCUT2D eigenvalue weighted by molar-refractivity contribution is -0.132. The second-order valence-corrected chi connectivity index (χ2v) is 13.4. The third kappa shape index (κ3) is 8.76. The SMILES string of the molecule is COCCCn1c(C2CCCN(C(=O)CC(Cc3ccc(Br)cc3)NC(=O)OC(C)(C)C)C2)c(C)c2cc(OC)ccc21. The third-order valence-electron chi connectivity index (χ3n) is 8.00. The fourth-order valence-corrected chi connectivity index (χ4v) is 6.37. The molecule has 43 heavy (non-hydrogen) atoms. The topological polar surface area (TPSA) is 82.0 Å². The number of nitrogens with one attached hydrogen (secondary N) is 1. The lowest BCUT2D eigenvalue weighted by atomic mass is 9.91. The molecule has 2 aromatic carbocycles. The Morgan fingerprint density at radius 3 is 2.53 bits per heavy atom. The van der Waals surface area contributed by atoms with Crippen molar-refractivity contribution in [2.24, 2.45) is 0 Å². The summed E-state index contributed by atoms with van der Waals surface area (Å²) in [5.74, 6) is 1.09. The fourth-order valence-electron chi connectivity index (χ4n) is 6.10. The van der Waals surface area contributed by atoms with Gasteiger partial charge in [-0.05, 0) is 94.8 Å². The van der Waals surface area contributed by atoms with Gasteiger partial charge in [0, 0.05) is 72.8 Å². The van der Waals surface area contributed by atoms with E-state index in [4.69, 9.17) is 14.2 Å². The molecule has 0 spiro atoms. The summed E-state index contributed by atoms with van der Waals surface area (Å²) < 4.78 is 19.8. The lowest BCUT2D eigenvalue weighted by Crippen LogP contribution is -2.46. The number of likely N-dealkylation sites (tertiary alicyclic amines) is 1. The van der Waals surface area contributed by atoms with Crippen LogP contribution in [0.2, 0.25) is 0 Å². The maximum atomic E-state index is 13.8. The van der Waals surface area contributed by atoms with E-state index in [1.54, 1.807) is 14.2 Å². The van der Waals surface area contributed by atoms with E-state index in [1.165, 1.54) is 22.2 Å². The van der Waals surface area contributed by atoms with E-state index in [0.717, 1.165) is 41.6 Å². The maximum absolute atomic E-state index is 13.8. The highest BCUT2D eigenvalue weighted by Gasteiger charge is 2.31. The number of methoxy groups -OCH3 is 2. The number of hydrogen-bond acceptors (Lipinski definition) is 5. The number of amides is 2.